The molecule has 0 saturated heterocycles. The fourth-order valence-corrected chi connectivity index (χ4v) is 2.25. The standard InChI is InChI=1S/C12H20N4O3/c1-14(7-8-17)11(18)9-16-12(19)15-6-4-2-3-5-10(15)13-16/h17H,2-9H2,1H3. The van der Waals surface area contributed by atoms with E-state index in [2.05, 4.69) is 5.10 Å². The van der Waals surface area contributed by atoms with E-state index >= 15 is 0 Å². The Morgan fingerprint density at radius 1 is 1.42 bits per heavy atom. The van der Waals surface area contributed by atoms with E-state index in [9.17, 15) is 9.59 Å². The number of amides is 1. The molecule has 0 fully saturated rings. The molecule has 1 aliphatic rings. The Hall–Kier alpha value is -1.63. The van der Waals surface area contributed by atoms with Gasteiger partial charge in [-0.05, 0) is 12.8 Å². The third-order valence-electron chi connectivity index (χ3n) is 3.43. The van der Waals surface area contributed by atoms with Crippen molar-refractivity contribution in [2.24, 2.45) is 0 Å². The van der Waals surface area contributed by atoms with Gasteiger partial charge in [0.2, 0.25) is 5.91 Å². The Bertz CT molecular complexity index is 506. The Labute approximate surface area is 111 Å². The number of rotatable bonds is 4. The first kappa shape index (κ1) is 13.8. The summed E-state index contributed by atoms with van der Waals surface area (Å²) in [5.41, 5.74) is -0.206. The van der Waals surface area contributed by atoms with Gasteiger partial charge in [0, 0.05) is 26.6 Å². The topological polar surface area (TPSA) is 80.4 Å². The summed E-state index contributed by atoms with van der Waals surface area (Å²) in [7, 11) is 1.60. The molecular formula is C12H20N4O3. The van der Waals surface area contributed by atoms with Crippen molar-refractivity contribution in [2.45, 2.75) is 38.8 Å². The first-order valence-corrected chi connectivity index (χ1v) is 6.65. The molecule has 1 aromatic heterocycles. The zero-order valence-electron chi connectivity index (χ0n) is 11.2. The zero-order chi connectivity index (χ0) is 13.8. The van der Waals surface area contributed by atoms with Crippen LogP contribution >= 0.6 is 0 Å². The molecule has 1 N–H and O–H groups in total. The maximum atomic E-state index is 12.1. The van der Waals surface area contributed by atoms with E-state index in [1.807, 2.05) is 0 Å². The van der Waals surface area contributed by atoms with Gasteiger partial charge in [-0.1, -0.05) is 6.42 Å². The molecule has 0 radical (unpaired) electrons. The van der Waals surface area contributed by atoms with E-state index in [0.717, 1.165) is 31.5 Å². The van der Waals surface area contributed by atoms with Crippen molar-refractivity contribution in [2.75, 3.05) is 20.2 Å². The van der Waals surface area contributed by atoms with Crippen LogP contribution in [-0.4, -0.2) is 50.5 Å². The number of carbonyl (C=O) groups excluding carboxylic acids is 1. The number of nitrogens with zero attached hydrogens (tertiary/aromatic N) is 4. The normalized spacial score (nSPS) is 14.8. The molecule has 106 valence electrons. The predicted octanol–water partition coefficient (Wildman–Crippen LogP) is -0.778. The summed E-state index contributed by atoms with van der Waals surface area (Å²) in [6.07, 6.45) is 3.93. The van der Waals surface area contributed by atoms with E-state index < -0.39 is 0 Å². The van der Waals surface area contributed by atoms with Crippen molar-refractivity contribution >= 4 is 5.91 Å². The highest BCUT2D eigenvalue weighted by Gasteiger charge is 2.18. The van der Waals surface area contributed by atoms with E-state index in [0.29, 0.717) is 6.54 Å². The van der Waals surface area contributed by atoms with Crippen LogP contribution in [0.4, 0.5) is 0 Å². The lowest BCUT2D eigenvalue weighted by molar-refractivity contribution is -0.131. The van der Waals surface area contributed by atoms with Crippen LogP contribution < -0.4 is 5.69 Å². The minimum absolute atomic E-state index is 0.0602. The van der Waals surface area contributed by atoms with E-state index in [4.69, 9.17) is 5.11 Å². The minimum Gasteiger partial charge on any atom is -0.395 e. The Morgan fingerprint density at radius 2 is 2.21 bits per heavy atom. The summed E-state index contributed by atoms with van der Waals surface area (Å²) in [5, 5.41) is 13.0. The van der Waals surface area contributed by atoms with Crippen molar-refractivity contribution in [3.05, 3.63) is 16.3 Å². The maximum Gasteiger partial charge on any atom is 0.346 e. The number of aliphatic hydroxyl groups excluding tert-OH is 1. The zero-order valence-corrected chi connectivity index (χ0v) is 11.2. The number of hydrogen-bond acceptors (Lipinski definition) is 4. The largest absolute Gasteiger partial charge is 0.395 e. The lowest BCUT2D eigenvalue weighted by Crippen LogP contribution is -2.36. The average molecular weight is 268 g/mol. The molecule has 2 rings (SSSR count). The molecule has 0 unspecified atom stereocenters. The third kappa shape index (κ3) is 3.04. The van der Waals surface area contributed by atoms with Crippen LogP contribution in [0, 0.1) is 0 Å². The van der Waals surface area contributed by atoms with Crippen molar-refractivity contribution in [3.63, 3.8) is 0 Å². The molecule has 0 aromatic carbocycles. The van der Waals surface area contributed by atoms with Gasteiger partial charge >= 0.3 is 5.69 Å². The molecule has 1 aliphatic heterocycles. The maximum absolute atomic E-state index is 12.1. The highest BCUT2D eigenvalue weighted by molar-refractivity contribution is 5.75. The van der Waals surface area contributed by atoms with Crippen molar-refractivity contribution < 1.29 is 9.90 Å². The molecule has 0 atom stereocenters. The van der Waals surface area contributed by atoms with Gasteiger partial charge in [-0.25, -0.2) is 9.48 Å². The predicted molar refractivity (Wildman–Crippen MR) is 68.8 cm³/mol. The molecule has 1 aromatic rings. The van der Waals surface area contributed by atoms with Gasteiger partial charge in [0.05, 0.1) is 6.61 Å². The van der Waals surface area contributed by atoms with Crippen LogP contribution in [0.2, 0.25) is 0 Å². The third-order valence-corrected chi connectivity index (χ3v) is 3.43. The summed E-state index contributed by atoms with van der Waals surface area (Å²) in [4.78, 5) is 25.4. The van der Waals surface area contributed by atoms with Crippen LogP contribution in [-0.2, 0) is 24.3 Å². The summed E-state index contributed by atoms with van der Waals surface area (Å²) in [6, 6.07) is 0. The second-order valence-electron chi connectivity index (χ2n) is 4.86. The van der Waals surface area contributed by atoms with Crippen molar-refractivity contribution in [1.29, 1.82) is 0 Å². The van der Waals surface area contributed by atoms with Crippen LogP contribution in [0.5, 0.6) is 0 Å². The fraction of sp³-hybridized carbons (Fsp3) is 0.750. The van der Waals surface area contributed by atoms with Gasteiger partial charge in [-0.2, -0.15) is 5.10 Å². The van der Waals surface area contributed by atoms with Gasteiger partial charge < -0.3 is 10.0 Å². The first-order chi connectivity index (χ1) is 9.13. The Morgan fingerprint density at radius 3 is 2.95 bits per heavy atom. The molecule has 2 heterocycles. The molecule has 7 nitrogen and oxygen atoms in total. The summed E-state index contributed by atoms with van der Waals surface area (Å²) in [6.45, 7) is 0.808. The Balaban J connectivity index is 2.14. The number of aryl methyl sites for hydroxylation is 1. The van der Waals surface area contributed by atoms with Crippen molar-refractivity contribution in [3.8, 4) is 0 Å². The smallest absolute Gasteiger partial charge is 0.346 e. The lowest BCUT2D eigenvalue weighted by atomic mass is 10.2. The molecule has 0 saturated carbocycles. The second-order valence-corrected chi connectivity index (χ2v) is 4.86. The molecule has 0 bridgehead atoms. The molecule has 19 heavy (non-hydrogen) atoms. The minimum atomic E-state index is -0.218. The number of carbonyl (C=O) groups is 1. The van der Waals surface area contributed by atoms with E-state index in [-0.39, 0.29) is 31.3 Å². The van der Waals surface area contributed by atoms with Crippen LogP contribution in [0.1, 0.15) is 25.1 Å². The summed E-state index contributed by atoms with van der Waals surface area (Å²) < 4.78 is 2.91. The number of likely N-dealkylation sites (N-methyl/N-ethyl adjacent to an activating group) is 1. The first-order valence-electron chi connectivity index (χ1n) is 6.65. The lowest BCUT2D eigenvalue weighted by Gasteiger charge is -2.14. The number of aromatic nitrogens is 3. The van der Waals surface area contributed by atoms with Gasteiger partial charge in [0.25, 0.3) is 0 Å². The number of fused-ring (bicyclic) bond motifs is 1. The number of aliphatic hydroxyl groups is 1. The highest BCUT2D eigenvalue weighted by atomic mass is 16.3. The molecular weight excluding hydrogens is 248 g/mol. The van der Waals surface area contributed by atoms with Gasteiger partial charge in [0.1, 0.15) is 12.4 Å². The quantitative estimate of drug-likeness (QED) is 0.777. The SMILES string of the molecule is CN(CCO)C(=O)Cn1nc2n(c1=O)CCCCC2. The van der Waals surface area contributed by atoms with Crippen LogP contribution in [0.15, 0.2) is 4.79 Å². The molecule has 1 amide bonds. The van der Waals surface area contributed by atoms with E-state index in [1.165, 1.54) is 9.58 Å². The summed E-state index contributed by atoms with van der Waals surface area (Å²) >= 11 is 0. The van der Waals surface area contributed by atoms with Crippen molar-refractivity contribution in [1.82, 2.24) is 19.2 Å². The number of hydrogen-bond donors (Lipinski definition) is 1. The van der Waals surface area contributed by atoms with Crippen LogP contribution in [0.3, 0.4) is 0 Å². The molecule has 0 aliphatic carbocycles. The Kier molecular flexibility index (Phi) is 4.36. The van der Waals surface area contributed by atoms with E-state index in [1.54, 1.807) is 11.6 Å². The van der Waals surface area contributed by atoms with Gasteiger partial charge in [-0.15, -0.1) is 0 Å². The monoisotopic (exact) mass is 268 g/mol. The van der Waals surface area contributed by atoms with Crippen LogP contribution in [0.25, 0.3) is 0 Å². The second kappa shape index (κ2) is 6.01. The molecule has 7 heteroatoms. The van der Waals surface area contributed by atoms with Gasteiger partial charge in [0.15, 0.2) is 0 Å². The van der Waals surface area contributed by atoms with Gasteiger partial charge in [-0.3, -0.25) is 9.36 Å². The highest BCUT2D eigenvalue weighted by Crippen LogP contribution is 2.10. The average Bonchev–Trinajstić information content (AvgIpc) is 2.57. The molecule has 0 spiro atoms. The fourth-order valence-electron chi connectivity index (χ4n) is 2.25. The summed E-state index contributed by atoms with van der Waals surface area (Å²) in [5.74, 6) is 0.560.